The largest absolute Gasteiger partial charge is 0.369 e. The summed E-state index contributed by atoms with van der Waals surface area (Å²) < 4.78 is 25.2. The fourth-order valence-electron chi connectivity index (χ4n) is 5.06. The highest BCUT2D eigenvalue weighted by atomic mass is 32.2. The summed E-state index contributed by atoms with van der Waals surface area (Å²) in [7, 11) is -3.15. The Bertz CT molecular complexity index is 1530. The van der Waals surface area contributed by atoms with Crippen molar-refractivity contribution in [1.82, 2.24) is 9.29 Å². The third kappa shape index (κ3) is 6.38. The van der Waals surface area contributed by atoms with Crippen LogP contribution in [0.1, 0.15) is 42.5 Å². The van der Waals surface area contributed by atoms with Crippen LogP contribution in [0.5, 0.6) is 0 Å². The Kier molecular flexibility index (Phi) is 7.82. The molecule has 39 heavy (non-hydrogen) atoms. The van der Waals surface area contributed by atoms with Crippen LogP contribution >= 0.6 is 0 Å². The molecule has 0 aliphatic carbocycles. The summed E-state index contributed by atoms with van der Waals surface area (Å²) in [5.74, 6) is 1.79. The van der Waals surface area contributed by atoms with Crippen molar-refractivity contribution in [3.05, 3.63) is 77.6 Å². The standard InChI is InChI=1S/C29H33N7O2S/c1-21-6-11-27(32-23-7-9-25(10-8-23)35-16-18-36(19-17-35)39(2,37)38)34-29(26-13-15-31-28(21)26)33-24-5-3-4-22(20-24)12-14-30/h3-5,7-10,13,15,20-21,31H,6,11-12,16-19H2,1-2H3,(H,32,33,34). The lowest BCUT2D eigenvalue weighted by molar-refractivity contribution is 0.388. The summed E-state index contributed by atoms with van der Waals surface area (Å²) >= 11 is 0. The van der Waals surface area contributed by atoms with Gasteiger partial charge in [-0.3, -0.25) is 0 Å². The van der Waals surface area contributed by atoms with Crippen LogP contribution in [-0.4, -0.2) is 61.8 Å². The van der Waals surface area contributed by atoms with E-state index in [-0.39, 0.29) is 0 Å². The van der Waals surface area contributed by atoms with Crippen LogP contribution in [0.2, 0.25) is 0 Å². The first-order valence-electron chi connectivity index (χ1n) is 13.2. The normalized spacial score (nSPS) is 19.5. The van der Waals surface area contributed by atoms with Gasteiger partial charge in [-0.05, 0) is 60.4 Å². The number of aliphatic imine (C=N–C) groups is 2. The molecular formula is C29H33N7O2S. The monoisotopic (exact) mass is 543 g/mol. The molecule has 1 unspecified atom stereocenters. The summed E-state index contributed by atoms with van der Waals surface area (Å²) in [6.07, 6.45) is 5.21. The van der Waals surface area contributed by atoms with Crippen LogP contribution < -0.4 is 10.2 Å². The van der Waals surface area contributed by atoms with Crippen LogP contribution in [0.25, 0.3) is 0 Å². The molecule has 1 atom stereocenters. The van der Waals surface area contributed by atoms with E-state index in [0.29, 0.717) is 38.5 Å². The highest BCUT2D eigenvalue weighted by Crippen LogP contribution is 2.29. The molecule has 10 heteroatoms. The molecule has 0 spiro atoms. The van der Waals surface area contributed by atoms with Gasteiger partial charge in [0.05, 0.1) is 24.4 Å². The van der Waals surface area contributed by atoms with E-state index in [1.807, 2.05) is 60.8 Å². The first-order chi connectivity index (χ1) is 18.8. The second-order valence-corrected chi connectivity index (χ2v) is 12.0. The minimum atomic E-state index is -3.15. The first-order valence-corrected chi connectivity index (χ1v) is 15.0. The third-order valence-corrected chi connectivity index (χ3v) is 8.53. The van der Waals surface area contributed by atoms with Gasteiger partial charge in [0.2, 0.25) is 10.0 Å². The van der Waals surface area contributed by atoms with Gasteiger partial charge in [-0.25, -0.2) is 18.4 Å². The Morgan fingerprint density at radius 1 is 1.13 bits per heavy atom. The second-order valence-electron chi connectivity index (χ2n) is 10.1. The second kappa shape index (κ2) is 11.4. The molecule has 5 rings (SSSR count). The smallest absolute Gasteiger partial charge is 0.211 e. The van der Waals surface area contributed by atoms with Gasteiger partial charge < -0.3 is 15.2 Å². The Hall–Kier alpha value is -3.94. The number of nitrogens with one attached hydrogen (secondary N) is 2. The Morgan fingerprint density at radius 2 is 1.90 bits per heavy atom. The molecule has 1 aromatic heterocycles. The van der Waals surface area contributed by atoms with Crippen molar-refractivity contribution >= 4 is 38.8 Å². The number of hydrogen-bond acceptors (Lipinski definition) is 6. The maximum absolute atomic E-state index is 11.8. The molecule has 9 nitrogen and oxygen atoms in total. The first kappa shape index (κ1) is 26.7. The van der Waals surface area contributed by atoms with Crippen molar-refractivity contribution in [2.75, 3.05) is 42.7 Å². The van der Waals surface area contributed by atoms with Gasteiger partial charge in [0.15, 0.2) is 0 Å². The van der Waals surface area contributed by atoms with Gasteiger partial charge >= 0.3 is 0 Å². The van der Waals surface area contributed by atoms with Crippen LogP contribution in [0.3, 0.4) is 0 Å². The number of fused-ring (bicyclic) bond motifs is 1. The van der Waals surface area contributed by atoms with Crippen LogP contribution in [0, 0.1) is 11.3 Å². The van der Waals surface area contributed by atoms with Crippen molar-refractivity contribution < 1.29 is 8.42 Å². The Labute approximate surface area is 230 Å². The minimum Gasteiger partial charge on any atom is -0.369 e. The molecule has 1 saturated heterocycles. The molecule has 2 aromatic carbocycles. The number of piperazine rings is 1. The van der Waals surface area contributed by atoms with E-state index in [4.69, 9.17) is 15.2 Å². The van der Waals surface area contributed by atoms with Crippen molar-refractivity contribution in [2.45, 2.75) is 32.1 Å². The number of rotatable bonds is 5. The number of benzene rings is 2. The van der Waals surface area contributed by atoms with E-state index in [9.17, 15) is 8.42 Å². The van der Waals surface area contributed by atoms with E-state index in [0.717, 1.165) is 58.4 Å². The SMILES string of the molecule is CC1CCC(=Nc2ccc(N3CCN(S(C)(=O)=O)CC3)cc2)N=C(Nc2cccc(CC#N)c2)c2cc[nH]c21. The topological polar surface area (TPSA) is 117 Å². The van der Waals surface area contributed by atoms with Gasteiger partial charge in [0.25, 0.3) is 0 Å². The van der Waals surface area contributed by atoms with Crippen molar-refractivity contribution in [3.63, 3.8) is 0 Å². The summed E-state index contributed by atoms with van der Waals surface area (Å²) in [5, 5.41) is 12.6. The van der Waals surface area contributed by atoms with E-state index in [2.05, 4.69) is 28.2 Å². The number of aromatic amines is 1. The van der Waals surface area contributed by atoms with E-state index >= 15 is 0 Å². The third-order valence-electron chi connectivity index (χ3n) is 7.22. The highest BCUT2D eigenvalue weighted by molar-refractivity contribution is 7.88. The van der Waals surface area contributed by atoms with Crippen molar-refractivity contribution in [2.24, 2.45) is 9.98 Å². The highest BCUT2D eigenvalue weighted by Gasteiger charge is 2.24. The number of nitrogens with zero attached hydrogens (tertiary/aromatic N) is 5. The molecule has 2 N–H and O–H groups in total. The minimum absolute atomic E-state index is 0.311. The van der Waals surface area contributed by atoms with Crippen molar-refractivity contribution in [3.8, 4) is 6.07 Å². The molecule has 2 aliphatic heterocycles. The lowest BCUT2D eigenvalue weighted by Crippen LogP contribution is -2.48. The van der Waals surface area contributed by atoms with Gasteiger partial charge in [0.1, 0.15) is 11.7 Å². The number of sulfonamides is 1. The maximum Gasteiger partial charge on any atom is 0.211 e. The van der Waals surface area contributed by atoms with Gasteiger partial charge in [-0.1, -0.05) is 19.1 Å². The molecule has 0 amide bonds. The van der Waals surface area contributed by atoms with E-state index < -0.39 is 10.0 Å². The number of amidine groups is 2. The van der Waals surface area contributed by atoms with E-state index in [1.54, 1.807) is 0 Å². The molecular weight excluding hydrogens is 510 g/mol. The molecule has 1 fully saturated rings. The Morgan fingerprint density at radius 3 is 2.62 bits per heavy atom. The fourth-order valence-corrected chi connectivity index (χ4v) is 5.89. The zero-order valence-electron chi connectivity index (χ0n) is 22.3. The van der Waals surface area contributed by atoms with Crippen LogP contribution in [0.15, 0.2) is 70.8 Å². The van der Waals surface area contributed by atoms with Crippen molar-refractivity contribution in [1.29, 1.82) is 5.26 Å². The molecule has 3 heterocycles. The molecule has 0 bridgehead atoms. The van der Waals surface area contributed by atoms with Gasteiger partial charge in [0, 0.05) is 61.4 Å². The predicted octanol–water partition coefficient (Wildman–Crippen LogP) is 4.65. The predicted molar refractivity (Wildman–Crippen MR) is 157 cm³/mol. The lowest BCUT2D eigenvalue weighted by atomic mass is 9.96. The van der Waals surface area contributed by atoms with E-state index in [1.165, 1.54) is 10.6 Å². The van der Waals surface area contributed by atoms with Gasteiger partial charge in [-0.15, -0.1) is 0 Å². The zero-order valence-corrected chi connectivity index (χ0v) is 23.1. The van der Waals surface area contributed by atoms with Gasteiger partial charge in [-0.2, -0.15) is 9.57 Å². The van der Waals surface area contributed by atoms with Crippen LogP contribution in [-0.2, 0) is 16.4 Å². The molecule has 0 saturated carbocycles. The summed E-state index contributed by atoms with van der Waals surface area (Å²) in [6.45, 7) is 4.51. The zero-order chi connectivity index (χ0) is 27.4. The number of hydrogen-bond donors (Lipinski definition) is 2. The molecule has 3 aromatic rings. The Balaban J connectivity index is 1.39. The average Bonchev–Trinajstić information content (AvgIpc) is 3.41. The number of aromatic nitrogens is 1. The van der Waals surface area contributed by atoms with Crippen LogP contribution in [0.4, 0.5) is 17.1 Å². The quantitative estimate of drug-likeness (QED) is 0.486. The summed E-state index contributed by atoms with van der Waals surface area (Å²) in [6, 6.07) is 20.1. The number of H-pyrrole nitrogens is 1. The summed E-state index contributed by atoms with van der Waals surface area (Å²) in [4.78, 5) is 15.5. The average molecular weight is 544 g/mol. The number of nitriles is 1. The fraction of sp³-hybridized carbons (Fsp3) is 0.345. The molecule has 2 aliphatic rings. The molecule has 202 valence electrons. The summed E-state index contributed by atoms with van der Waals surface area (Å²) in [5.41, 5.74) is 5.87. The number of anilines is 2. The lowest BCUT2D eigenvalue weighted by Gasteiger charge is -2.34. The maximum atomic E-state index is 11.8. The molecule has 0 radical (unpaired) electrons.